The Labute approximate surface area is 181 Å². The topological polar surface area (TPSA) is 57.4 Å². The lowest BCUT2D eigenvalue weighted by atomic mass is 10.0. The Morgan fingerprint density at radius 1 is 1.19 bits per heavy atom. The number of rotatable bonds is 4. The molecule has 0 spiro atoms. The second-order valence-corrected chi connectivity index (χ2v) is 7.86. The summed E-state index contributed by atoms with van der Waals surface area (Å²) in [4.78, 5) is 7.87. The van der Waals surface area contributed by atoms with Crippen LogP contribution in [0.5, 0.6) is 0 Å². The molecule has 152 valence electrons. The van der Waals surface area contributed by atoms with Crippen LogP contribution in [0.15, 0.2) is 67.5 Å². The molecule has 0 aliphatic heterocycles. The van der Waals surface area contributed by atoms with Crippen molar-refractivity contribution in [2.24, 2.45) is 0 Å². The lowest BCUT2D eigenvalue weighted by molar-refractivity contribution is 1.06. The van der Waals surface area contributed by atoms with Crippen molar-refractivity contribution in [3.05, 3.63) is 94.8 Å². The summed E-state index contributed by atoms with van der Waals surface area (Å²) in [5.41, 5.74) is 8.50. The summed E-state index contributed by atoms with van der Waals surface area (Å²) in [6.45, 7) is 8.33. The Balaban J connectivity index is 1.66. The molecule has 31 heavy (non-hydrogen) atoms. The molecule has 0 radical (unpaired) electrons. The molecular weight excluding hydrogens is 380 g/mol. The molecule has 0 saturated carbocycles. The average molecular weight is 405 g/mol. The number of H-pyrrole nitrogens is 2. The second kappa shape index (κ2) is 7.73. The Morgan fingerprint density at radius 2 is 2.10 bits per heavy atom. The van der Waals surface area contributed by atoms with Crippen LogP contribution in [-0.4, -0.2) is 20.2 Å². The molecule has 1 aromatic carbocycles. The Hall–Kier alpha value is -3.92. The standard InChI is InChI=1S/C27H24N4/c1-4-24-23(13-18(3)20-12-17(2)15-28-16-20)27(31-30-24)26-14-22-21(19-8-5-6-9-19)10-7-11-25(22)29-26/h4-5,7-16,29-30H,3,6H2,1-2H3/b23-13+,24-4+. The Morgan fingerprint density at radius 3 is 2.87 bits per heavy atom. The van der Waals surface area contributed by atoms with E-state index in [1.165, 1.54) is 16.5 Å². The predicted molar refractivity (Wildman–Crippen MR) is 129 cm³/mol. The van der Waals surface area contributed by atoms with Crippen molar-refractivity contribution < 1.29 is 0 Å². The van der Waals surface area contributed by atoms with Crippen molar-refractivity contribution in [1.82, 2.24) is 20.2 Å². The summed E-state index contributed by atoms with van der Waals surface area (Å²) in [5, 5.41) is 11.0. The van der Waals surface area contributed by atoms with Gasteiger partial charge in [-0.25, -0.2) is 0 Å². The molecule has 3 heterocycles. The number of nitrogens with one attached hydrogen (secondary N) is 2. The number of aromatic amines is 2. The fourth-order valence-electron chi connectivity index (χ4n) is 4.12. The van der Waals surface area contributed by atoms with E-state index in [-0.39, 0.29) is 0 Å². The van der Waals surface area contributed by atoms with Gasteiger partial charge in [-0.15, -0.1) is 0 Å². The van der Waals surface area contributed by atoms with E-state index in [0.29, 0.717) is 0 Å². The number of fused-ring (bicyclic) bond motifs is 1. The third kappa shape index (κ3) is 3.46. The number of hydrogen-bond donors (Lipinski definition) is 2. The first-order valence-corrected chi connectivity index (χ1v) is 10.5. The molecule has 4 nitrogen and oxygen atoms in total. The van der Waals surface area contributed by atoms with Gasteiger partial charge >= 0.3 is 0 Å². The van der Waals surface area contributed by atoms with Gasteiger partial charge in [-0.1, -0.05) is 43.0 Å². The van der Waals surface area contributed by atoms with Crippen LogP contribution in [0, 0.1) is 6.92 Å². The molecule has 0 bridgehead atoms. The van der Waals surface area contributed by atoms with E-state index in [4.69, 9.17) is 0 Å². The van der Waals surface area contributed by atoms with Gasteiger partial charge in [0.25, 0.3) is 0 Å². The number of hydrogen-bond acceptors (Lipinski definition) is 2. The lowest BCUT2D eigenvalue weighted by Gasteiger charge is -2.01. The highest BCUT2D eigenvalue weighted by atomic mass is 15.1. The smallest absolute Gasteiger partial charge is 0.116 e. The van der Waals surface area contributed by atoms with Crippen LogP contribution in [0.2, 0.25) is 0 Å². The Bertz CT molecular complexity index is 1490. The van der Waals surface area contributed by atoms with Crippen molar-refractivity contribution >= 4 is 34.2 Å². The predicted octanol–water partition coefficient (Wildman–Crippen LogP) is 4.90. The third-order valence-electron chi connectivity index (χ3n) is 5.69. The van der Waals surface area contributed by atoms with Crippen LogP contribution in [0.25, 0.3) is 45.6 Å². The van der Waals surface area contributed by atoms with Crippen molar-refractivity contribution in [3.8, 4) is 11.4 Å². The normalized spacial score (nSPS) is 14.6. The van der Waals surface area contributed by atoms with Gasteiger partial charge in [0.15, 0.2) is 0 Å². The van der Waals surface area contributed by atoms with E-state index in [9.17, 15) is 0 Å². The van der Waals surface area contributed by atoms with Crippen LogP contribution >= 0.6 is 0 Å². The van der Waals surface area contributed by atoms with Crippen LogP contribution in [0.3, 0.4) is 0 Å². The quantitative estimate of drug-likeness (QED) is 0.508. The van der Waals surface area contributed by atoms with Gasteiger partial charge in [-0.3, -0.25) is 10.1 Å². The average Bonchev–Trinajstić information content (AvgIpc) is 3.52. The van der Waals surface area contributed by atoms with Crippen molar-refractivity contribution in [2.45, 2.75) is 20.3 Å². The summed E-state index contributed by atoms with van der Waals surface area (Å²) >= 11 is 0. The van der Waals surface area contributed by atoms with E-state index >= 15 is 0 Å². The van der Waals surface area contributed by atoms with E-state index in [1.807, 2.05) is 32.3 Å². The number of aryl methyl sites for hydroxylation is 1. The molecule has 0 amide bonds. The number of nitrogens with zero attached hydrogens (tertiary/aromatic N) is 2. The summed E-state index contributed by atoms with van der Waals surface area (Å²) in [5.74, 6) is 0. The maximum absolute atomic E-state index is 4.64. The monoisotopic (exact) mass is 404 g/mol. The minimum atomic E-state index is 0.882. The van der Waals surface area contributed by atoms with Gasteiger partial charge in [0.1, 0.15) is 5.69 Å². The molecule has 1 aliphatic carbocycles. The maximum atomic E-state index is 4.64. The molecule has 1 aliphatic rings. The molecule has 0 fully saturated rings. The van der Waals surface area contributed by atoms with Gasteiger partial charge in [0.05, 0.1) is 11.0 Å². The molecule has 4 aromatic rings. The van der Waals surface area contributed by atoms with Crippen LogP contribution in [-0.2, 0) is 0 Å². The highest BCUT2D eigenvalue weighted by molar-refractivity contribution is 5.98. The first kappa shape index (κ1) is 19.1. The van der Waals surface area contributed by atoms with Crippen LogP contribution in [0.1, 0.15) is 30.0 Å². The number of pyridine rings is 1. The van der Waals surface area contributed by atoms with Crippen LogP contribution < -0.4 is 10.6 Å². The van der Waals surface area contributed by atoms with E-state index < -0.39 is 0 Å². The summed E-state index contributed by atoms with van der Waals surface area (Å²) < 4.78 is 0. The van der Waals surface area contributed by atoms with Crippen LogP contribution in [0.4, 0.5) is 0 Å². The largest absolute Gasteiger partial charge is 0.353 e. The molecule has 4 heteroatoms. The van der Waals surface area contributed by atoms with Gasteiger partial charge < -0.3 is 4.98 Å². The highest BCUT2D eigenvalue weighted by Crippen LogP contribution is 2.31. The van der Waals surface area contributed by atoms with Gasteiger partial charge in [0.2, 0.25) is 0 Å². The SMILES string of the molecule is C=C(/C=c1/c(-c2cc3c(C4=CCC=C4)cccc3[nH]2)n[nH]/c1=C/C)c1cncc(C)c1. The molecule has 0 unspecified atom stereocenters. The number of allylic oxidation sites excluding steroid dienone is 5. The third-order valence-corrected chi connectivity index (χ3v) is 5.69. The van der Waals surface area contributed by atoms with Crippen molar-refractivity contribution in [1.29, 1.82) is 0 Å². The summed E-state index contributed by atoms with van der Waals surface area (Å²) in [7, 11) is 0. The van der Waals surface area contributed by atoms with Crippen molar-refractivity contribution in [2.75, 3.05) is 0 Å². The summed E-state index contributed by atoms with van der Waals surface area (Å²) in [6.07, 6.45) is 15.5. The highest BCUT2D eigenvalue weighted by Gasteiger charge is 2.13. The molecule has 0 saturated heterocycles. The minimum Gasteiger partial charge on any atom is -0.353 e. The minimum absolute atomic E-state index is 0.882. The second-order valence-electron chi connectivity index (χ2n) is 7.86. The molecule has 3 aromatic heterocycles. The zero-order valence-corrected chi connectivity index (χ0v) is 17.7. The number of benzene rings is 1. The molecular formula is C27H24N4. The lowest BCUT2D eigenvalue weighted by Crippen LogP contribution is -2.23. The van der Waals surface area contributed by atoms with Gasteiger partial charge in [-0.2, -0.15) is 5.10 Å². The fourth-order valence-corrected chi connectivity index (χ4v) is 4.12. The first-order valence-electron chi connectivity index (χ1n) is 10.5. The van der Waals surface area contributed by atoms with E-state index in [0.717, 1.165) is 50.6 Å². The Kier molecular flexibility index (Phi) is 4.75. The number of aromatic nitrogens is 4. The van der Waals surface area contributed by atoms with Gasteiger partial charge in [-0.05, 0) is 72.4 Å². The molecule has 2 N–H and O–H groups in total. The fraction of sp³-hybridized carbons (Fsp3) is 0.111. The zero-order chi connectivity index (χ0) is 21.4. The molecule has 5 rings (SSSR count). The van der Waals surface area contributed by atoms with Crippen molar-refractivity contribution in [3.63, 3.8) is 0 Å². The summed E-state index contributed by atoms with van der Waals surface area (Å²) in [6, 6.07) is 10.7. The maximum Gasteiger partial charge on any atom is 0.116 e. The van der Waals surface area contributed by atoms with Gasteiger partial charge in [0, 0.05) is 28.5 Å². The molecule has 0 atom stereocenters. The van der Waals surface area contributed by atoms with E-state index in [1.54, 1.807) is 0 Å². The first-order chi connectivity index (χ1) is 15.1. The zero-order valence-electron chi connectivity index (χ0n) is 17.7. The van der Waals surface area contributed by atoms with E-state index in [2.05, 4.69) is 81.4 Å².